The summed E-state index contributed by atoms with van der Waals surface area (Å²) in [5, 5.41) is 1.20. The van der Waals surface area contributed by atoms with Crippen molar-refractivity contribution in [2.75, 3.05) is 0 Å². The lowest BCUT2D eigenvalue weighted by Gasteiger charge is -2.25. The molecule has 2 aromatic carbocycles. The average Bonchev–Trinajstić information content (AvgIpc) is 3.53. The molecule has 4 aromatic heterocycles. The van der Waals surface area contributed by atoms with E-state index in [-0.39, 0.29) is 21.9 Å². The molecule has 4 heterocycles. The molecule has 0 aliphatic heterocycles. The van der Waals surface area contributed by atoms with E-state index in [1.807, 2.05) is 0 Å². The van der Waals surface area contributed by atoms with Gasteiger partial charge < -0.3 is 8.83 Å². The number of pyridine rings is 2. The Bertz CT molecular complexity index is 1800. The van der Waals surface area contributed by atoms with Crippen molar-refractivity contribution in [3.8, 4) is 0 Å². The van der Waals surface area contributed by atoms with E-state index in [0.29, 0.717) is 21.8 Å². The van der Waals surface area contributed by atoms with Crippen molar-refractivity contribution in [1.82, 2.24) is 9.97 Å². The Morgan fingerprint density at radius 1 is 0.568 bits per heavy atom. The lowest BCUT2D eigenvalue weighted by molar-refractivity contribution is -0.254. The zero-order chi connectivity index (χ0) is 25.7. The van der Waals surface area contributed by atoms with Crippen molar-refractivity contribution in [3.05, 3.63) is 84.6 Å². The van der Waals surface area contributed by atoms with Crippen LogP contribution in [-0.4, -0.2) is 27.7 Å². The van der Waals surface area contributed by atoms with Gasteiger partial charge in [-0.15, -0.1) is 0 Å². The highest BCUT2D eigenvalue weighted by molar-refractivity contribution is 6.08. The van der Waals surface area contributed by atoms with E-state index in [2.05, 4.69) is 9.97 Å². The third kappa shape index (κ3) is 2.69. The summed E-state index contributed by atoms with van der Waals surface area (Å²) in [5.74, 6) is -17.9. The van der Waals surface area contributed by atoms with E-state index in [9.17, 15) is 8.78 Å². The van der Waals surface area contributed by atoms with Crippen molar-refractivity contribution in [1.29, 1.82) is 0 Å². The standard InChI is InChI=1S/C27H12F6N2O2/c28-25(29)21(19-9-13-11-34-17-7-3-1-5-15(17)23(13)36-19)22(26(30,31)27(25,32)33)20-10-14-12-35-18-8-4-2-6-16(18)24(14)37-20/h1-12H. The molecule has 7 rings (SSSR count). The molecule has 1 aliphatic carbocycles. The predicted molar refractivity (Wildman–Crippen MR) is 125 cm³/mol. The summed E-state index contributed by atoms with van der Waals surface area (Å²) in [4.78, 5) is 8.38. The van der Waals surface area contributed by atoms with Crippen LogP contribution in [0.15, 0.2) is 81.9 Å². The highest BCUT2D eigenvalue weighted by Gasteiger charge is 2.81. The summed E-state index contributed by atoms with van der Waals surface area (Å²) in [7, 11) is 0. The summed E-state index contributed by atoms with van der Waals surface area (Å²) < 4.78 is 102. The molecule has 6 aromatic rings. The van der Waals surface area contributed by atoms with Crippen LogP contribution >= 0.6 is 0 Å². The molecule has 0 spiro atoms. The van der Waals surface area contributed by atoms with E-state index >= 15 is 17.6 Å². The summed E-state index contributed by atoms with van der Waals surface area (Å²) in [6.07, 6.45) is 2.60. The maximum Gasteiger partial charge on any atom is 0.380 e. The van der Waals surface area contributed by atoms with Crippen LogP contribution in [-0.2, 0) is 0 Å². The molecular weight excluding hydrogens is 498 g/mol. The maximum atomic E-state index is 15.2. The van der Waals surface area contributed by atoms with Gasteiger partial charge in [-0.05, 0) is 36.4 Å². The fourth-order valence-electron chi connectivity index (χ4n) is 4.89. The molecule has 0 saturated heterocycles. The van der Waals surface area contributed by atoms with Crippen molar-refractivity contribution in [2.24, 2.45) is 0 Å². The number of benzene rings is 2. The Morgan fingerprint density at radius 3 is 1.41 bits per heavy atom. The first-order valence-electron chi connectivity index (χ1n) is 11.1. The predicted octanol–water partition coefficient (Wildman–Crippen LogP) is 8.11. The minimum absolute atomic E-state index is 0.0570. The van der Waals surface area contributed by atoms with Gasteiger partial charge in [0.15, 0.2) is 0 Å². The van der Waals surface area contributed by atoms with E-state index in [0.717, 1.165) is 12.1 Å². The van der Waals surface area contributed by atoms with Crippen LogP contribution in [0.25, 0.3) is 54.9 Å². The zero-order valence-corrected chi connectivity index (χ0v) is 18.4. The molecule has 0 radical (unpaired) electrons. The largest absolute Gasteiger partial charge is 0.455 e. The van der Waals surface area contributed by atoms with Crippen LogP contribution in [0.5, 0.6) is 0 Å². The fourth-order valence-corrected chi connectivity index (χ4v) is 4.89. The lowest BCUT2D eigenvalue weighted by atomic mass is 10.0. The van der Waals surface area contributed by atoms with Crippen molar-refractivity contribution in [2.45, 2.75) is 17.8 Å². The topological polar surface area (TPSA) is 52.1 Å². The molecule has 0 bridgehead atoms. The number of alkyl halides is 6. The van der Waals surface area contributed by atoms with Gasteiger partial charge in [-0.3, -0.25) is 9.97 Å². The summed E-state index contributed by atoms with van der Waals surface area (Å²) >= 11 is 0. The maximum absolute atomic E-state index is 15.2. The fraction of sp³-hybridized carbons (Fsp3) is 0.111. The number of furan rings is 2. The first kappa shape index (κ1) is 21.9. The molecule has 0 N–H and O–H groups in total. The Balaban J connectivity index is 1.56. The molecule has 1 aliphatic rings. The highest BCUT2D eigenvalue weighted by Crippen LogP contribution is 2.65. The number of rotatable bonds is 2. The molecule has 0 unspecified atom stereocenters. The molecule has 0 saturated carbocycles. The molecule has 0 fully saturated rings. The molecule has 184 valence electrons. The number of nitrogens with zero attached hydrogens (tertiary/aromatic N) is 2. The lowest BCUT2D eigenvalue weighted by Crippen LogP contribution is -2.48. The molecule has 4 nitrogen and oxygen atoms in total. The highest BCUT2D eigenvalue weighted by atomic mass is 19.3. The van der Waals surface area contributed by atoms with Crippen molar-refractivity contribution in [3.63, 3.8) is 0 Å². The second-order valence-electron chi connectivity index (χ2n) is 8.81. The van der Waals surface area contributed by atoms with Gasteiger partial charge in [0.1, 0.15) is 22.7 Å². The van der Waals surface area contributed by atoms with Crippen LogP contribution in [0.2, 0.25) is 0 Å². The third-order valence-electron chi connectivity index (χ3n) is 6.66. The Hall–Kier alpha value is -4.34. The van der Waals surface area contributed by atoms with Crippen LogP contribution in [0.1, 0.15) is 11.5 Å². The normalized spacial score (nSPS) is 18.5. The van der Waals surface area contributed by atoms with Crippen LogP contribution in [0.3, 0.4) is 0 Å². The van der Waals surface area contributed by atoms with Gasteiger partial charge in [-0.1, -0.05) is 24.3 Å². The Kier molecular flexibility index (Phi) is 4.09. The molecular formula is C27H12F6N2O2. The quantitative estimate of drug-likeness (QED) is 0.221. The summed E-state index contributed by atoms with van der Waals surface area (Å²) in [6, 6.07) is 15.2. The number of para-hydroxylation sites is 2. The summed E-state index contributed by atoms with van der Waals surface area (Å²) in [5.41, 5.74) is -2.26. The van der Waals surface area contributed by atoms with Crippen LogP contribution in [0.4, 0.5) is 26.3 Å². The molecule has 10 heteroatoms. The van der Waals surface area contributed by atoms with Crippen molar-refractivity contribution >= 4 is 54.9 Å². The molecule has 0 atom stereocenters. The van der Waals surface area contributed by atoms with Crippen LogP contribution < -0.4 is 0 Å². The first-order chi connectivity index (χ1) is 17.6. The average molecular weight is 510 g/mol. The first-order valence-corrected chi connectivity index (χ1v) is 11.1. The van der Waals surface area contributed by atoms with Gasteiger partial charge in [0.2, 0.25) is 0 Å². The van der Waals surface area contributed by atoms with E-state index in [4.69, 9.17) is 8.83 Å². The Labute approximate surface area is 202 Å². The Morgan fingerprint density at radius 2 is 0.973 bits per heavy atom. The number of hydrogen-bond donors (Lipinski definition) is 0. The third-order valence-corrected chi connectivity index (χ3v) is 6.66. The van der Waals surface area contributed by atoms with Gasteiger partial charge in [-0.2, -0.15) is 26.3 Å². The monoisotopic (exact) mass is 510 g/mol. The number of allylic oxidation sites excluding steroid dienone is 2. The molecule has 37 heavy (non-hydrogen) atoms. The van der Waals surface area contributed by atoms with Crippen molar-refractivity contribution < 1.29 is 35.2 Å². The van der Waals surface area contributed by atoms with Gasteiger partial charge in [-0.25, -0.2) is 0 Å². The van der Waals surface area contributed by atoms with Crippen LogP contribution in [0, 0.1) is 0 Å². The second-order valence-corrected chi connectivity index (χ2v) is 8.81. The number of hydrogen-bond acceptors (Lipinski definition) is 4. The van der Waals surface area contributed by atoms with E-state index < -0.39 is 40.4 Å². The van der Waals surface area contributed by atoms with E-state index in [1.54, 1.807) is 48.5 Å². The van der Waals surface area contributed by atoms with Gasteiger partial charge >= 0.3 is 17.8 Å². The minimum Gasteiger partial charge on any atom is -0.455 e. The second kappa shape index (κ2) is 6.90. The number of halogens is 6. The van der Waals surface area contributed by atoms with Gasteiger partial charge in [0, 0.05) is 33.9 Å². The minimum atomic E-state index is -5.75. The number of fused-ring (bicyclic) bond motifs is 6. The molecule has 0 amide bonds. The SMILES string of the molecule is FC1(F)C(c2cc3cnc4ccccc4c3o2)=C(c2cc3cnc4ccccc4c3o2)C(F)(F)C1(F)F. The summed E-state index contributed by atoms with van der Waals surface area (Å²) in [6.45, 7) is 0. The zero-order valence-electron chi connectivity index (χ0n) is 18.4. The van der Waals surface area contributed by atoms with E-state index in [1.165, 1.54) is 12.4 Å². The smallest absolute Gasteiger partial charge is 0.380 e. The van der Waals surface area contributed by atoms with Gasteiger partial charge in [0.05, 0.1) is 22.2 Å². The number of aromatic nitrogens is 2. The van der Waals surface area contributed by atoms with Gasteiger partial charge in [0.25, 0.3) is 0 Å².